The fraction of sp³-hybridized carbons (Fsp3) is 0.833. The van der Waals surface area contributed by atoms with Crippen molar-refractivity contribution in [1.82, 2.24) is 0 Å². The number of carbonyl (C=O) groups is 1. The summed E-state index contributed by atoms with van der Waals surface area (Å²) in [6.07, 6.45) is 0. The van der Waals surface area contributed by atoms with Crippen molar-refractivity contribution in [3.05, 3.63) is 0 Å². The molecule has 0 amide bonds. The molecule has 0 radical (unpaired) electrons. The zero-order valence-corrected chi connectivity index (χ0v) is 8.73. The van der Waals surface area contributed by atoms with Crippen LogP contribution in [0.25, 0.3) is 0 Å². The summed E-state index contributed by atoms with van der Waals surface area (Å²) in [7, 11) is 1.42. The first-order chi connectivity index (χ1) is 5.92. The van der Waals surface area contributed by atoms with Crippen LogP contribution in [0.4, 0.5) is 0 Å². The highest BCUT2D eigenvalue weighted by atomic mass is 35.7. The fourth-order valence-corrected chi connectivity index (χ4v) is 1.01. The number of rotatable bonds is 6. The van der Waals surface area contributed by atoms with E-state index in [1.165, 1.54) is 6.92 Å². The molecule has 0 aliphatic rings. The summed E-state index contributed by atoms with van der Waals surface area (Å²) >= 11 is 0. The summed E-state index contributed by atoms with van der Waals surface area (Å²) in [5.74, 6) is -0.636. The Labute approximate surface area is 81.4 Å². The van der Waals surface area contributed by atoms with Gasteiger partial charge in [0.05, 0.1) is 19.0 Å². The van der Waals surface area contributed by atoms with Gasteiger partial charge in [0.25, 0.3) is 0 Å². The molecule has 0 spiro atoms. The average molecular weight is 231 g/mol. The molecule has 0 aliphatic heterocycles. The summed E-state index contributed by atoms with van der Waals surface area (Å²) < 4.78 is 30.1. The lowest BCUT2D eigenvalue weighted by Crippen LogP contribution is -2.12. The van der Waals surface area contributed by atoms with Gasteiger partial charge in [-0.05, 0) is 0 Å². The summed E-state index contributed by atoms with van der Waals surface area (Å²) in [6.45, 7) is 1.58. The Balaban J connectivity index is 3.23. The number of hydrogen-bond donors (Lipinski definition) is 0. The summed E-state index contributed by atoms with van der Waals surface area (Å²) in [6, 6.07) is 0. The lowest BCUT2D eigenvalue weighted by molar-refractivity contribution is -0.142. The average Bonchev–Trinajstić information content (AvgIpc) is 1.93. The minimum atomic E-state index is -3.49. The predicted molar refractivity (Wildman–Crippen MR) is 47.1 cm³/mol. The number of carbonyl (C=O) groups excluding carboxylic acids is 1. The van der Waals surface area contributed by atoms with E-state index in [2.05, 4.69) is 4.74 Å². The van der Waals surface area contributed by atoms with Crippen molar-refractivity contribution >= 4 is 25.7 Å². The van der Waals surface area contributed by atoms with Crippen molar-refractivity contribution in [2.45, 2.75) is 6.92 Å². The SMILES string of the molecule is CC(=O)OCCOCCS(=O)(=O)Cl. The van der Waals surface area contributed by atoms with E-state index >= 15 is 0 Å². The third-order valence-electron chi connectivity index (χ3n) is 1.00. The molecule has 0 saturated carbocycles. The minimum Gasteiger partial charge on any atom is -0.463 e. The van der Waals surface area contributed by atoms with Gasteiger partial charge in [0.1, 0.15) is 6.61 Å². The highest BCUT2D eigenvalue weighted by Gasteiger charge is 2.03. The maximum absolute atomic E-state index is 10.4. The second-order valence-electron chi connectivity index (χ2n) is 2.20. The largest absolute Gasteiger partial charge is 0.463 e. The molecule has 0 rings (SSSR count). The quantitative estimate of drug-likeness (QED) is 0.369. The van der Waals surface area contributed by atoms with Gasteiger partial charge in [0.15, 0.2) is 0 Å². The lowest BCUT2D eigenvalue weighted by Gasteiger charge is -2.02. The Kier molecular flexibility index (Phi) is 6.02. The molecule has 5 nitrogen and oxygen atoms in total. The molecule has 0 N–H and O–H groups in total. The van der Waals surface area contributed by atoms with Crippen molar-refractivity contribution in [2.24, 2.45) is 0 Å². The smallest absolute Gasteiger partial charge is 0.302 e. The van der Waals surface area contributed by atoms with E-state index in [0.717, 1.165) is 0 Å². The molecule has 0 bridgehead atoms. The molecule has 0 unspecified atom stereocenters. The van der Waals surface area contributed by atoms with Crippen molar-refractivity contribution in [3.8, 4) is 0 Å². The van der Waals surface area contributed by atoms with Gasteiger partial charge in [-0.3, -0.25) is 4.79 Å². The molecule has 13 heavy (non-hydrogen) atoms. The van der Waals surface area contributed by atoms with Crippen LogP contribution in [-0.2, 0) is 23.3 Å². The maximum atomic E-state index is 10.4. The van der Waals surface area contributed by atoms with E-state index < -0.39 is 15.0 Å². The highest BCUT2D eigenvalue weighted by Crippen LogP contribution is 1.95. The first kappa shape index (κ1) is 12.7. The van der Waals surface area contributed by atoms with Crippen LogP contribution in [0.15, 0.2) is 0 Å². The van der Waals surface area contributed by atoms with Crippen molar-refractivity contribution in [1.29, 1.82) is 0 Å². The molecule has 0 fully saturated rings. The van der Waals surface area contributed by atoms with E-state index in [1.54, 1.807) is 0 Å². The van der Waals surface area contributed by atoms with Gasteiger partial charge < -0.3 is 9.47 Å². The van der Waals surface area contributed by atoms with Crippen LogP contribution in [0.1, 0.15) is 6.92 Å². The molecule has 0 aliphatic carbocycles. The standard InChI is InChI=1S/C6H11ClO5S/c1-6(8)12-3-2-11-4-5-13(7,9)10/h2-5H2,1H3. The van der Waals surface area contributed by atoms with Gasteiger partial charge in [-0.15, -0.1) is 0 Å². The minimum absolute atomic E-state index is 0.00704. The van der Waals surface area contributed by atoms with Crippen LogP contribution in [0.2, 0.25) is 0 Å². The van der Waals surface area contributed by atoms with Gasteiger partial charge in [-0.25, -0.2) is 8.42 Å². The van der Waals surface area contributed by atoms with Crippen molar-refractivity contribution < 1.29 is 22.7 Å². The predicted octanol–water partition coefficient (Wildman–Crippen LogP) is 0.135. The van der Waals surface area contributed by atoms with Crippen molar-refractivity contribution in [3.63, 3.8) is 0 Å². The van der Waals surface area contributed by atoms with Gasteiger partial charge in [-0.2, -0.15) is 0 Å². The zero-order chi connectivity index (χ0) is 10.3. The summed E-state index contributed by atoms with van der Waals surface area (Å²) in [5, 5.41) is 0. The third kappa shape index (κ3) is 11.7. The van der Waals surface area contributed by atoms with Crippen molar-refractivity contribution in [2.75, 3.05) is 25.6 Å². The summed E-state index contributed by atoms with van der Waals surface area (Å²) in [5.41, 5.74) is 0. The van der Waals surface area contributed by atoms with Crippen LogP contribution in [0.5, 0.6) is 0 Å². The molecule has 78 valence electrons. The Bertz CT molecular complexity index is 248. The van der Waals surface area contributed by atoms with E-state index in [4.69, 9.17) is 15.4 Å². The van der Waals surface area contributed by atoms with E-state index in [1.807, 2.05) is 0 Å². The van der Waals surface area contributed by atoms with Crippen LogP contribution in [0, 0.1) is 0 Å². The maximum Gasteiger partial charge on any atom is 0.302 e. The van der Waals surface area contributed by atoms with Crippen LogP contribution in [-0.4, -0.2) is 40.0 Å². The first-order valence-electron chi connectivity index (χ1n) is 3.55. The number of ether oxygens (including phenoxy) is 2. The van der Waals surface area contributed by atoms with Crippen LogP contribution < -0.4 is 0 Å². The first-order valence-corrected chi connectivity index (χ1v) is 6.03. The number of esters is 1. The molecule has 0 saturated heterocycles. The van der Waals surface area contributed by atoms with Gasteiger partial charge in [0.2, 0.25) is 9.05 Å². The molecule has 0 aromatic heterocycles. The Hall–Kier alpha value is -0.330. The zero-order valence-electron chi connectivity index (χ0n) is 7.16. The Morgan fingerprint density at radius 2 is 1.92 bits per heavy atom. The van der Waals surface area contributed by atoms with Gasteiger partial charge in [0, 0.05) is 17.6 Å². The van der Waals surface area contributed by atoms with E-state index in [0.29, 0.717) is 0 Å². The molecule has 0 heterocycles. The second-order valence-corrected chi connectivity index (χ2v) is 5.09. The molecule has 0 atom stereocenters. The topological polar surface area (TPSA) is 69.7 Å². The lowest BCUT2D eigenvalue weighted by atomic mass is 10.7. The second kappa shape index (κ2) is 6.17. The molecule has 7 heteroatoms. The molecular weight excluding hydrogens is 220 g/mol. The van der Waals surface area contributed by atoms with E-state index in [-0.39, 0.29) is 25.6 Å². The highest BCUT2D eigenvalue weighted by molar-refractivity contribution is 8.13. The van der Waals surface area contributed by atoms with E-state index in [9.17, 15) is 13.2 Å². The van der Waals surface area contributed by atoms with Gasteiger partial charge >= 0.3 is 5.97 Å². The number of hydrogen-bond acceptors (Lipinski definition) is 5. The normalized spacial score (nSPS) is 11.2. The monoisotopic (exact) mass is 230 g/mol. The fourth-order valence-electron chi connectivity index (χ4n) is 0.505. The number of halogens is 1. The van der Waals surface area contributed by atoms with Gasteiger partial charge in [-0.1, -0.05) is 0 Å². The van der Waals surface area contributed by atoms with Crippen LogP contribution >= 0.6 is 10.7 Å². The molecule has 0 aromatic rings. The molecule has 0 aromatic carbocycles. The Morgan fingerprint density at radius 1 is 1.31 bits per heavy atom. The third-order valence-corrected chi connectivity index (χ3v) is 2.12. The Morgan fingerprint density at radius 3 is 2.38 bits per heavy atom. The summed E-state index contributed by atoms with van der Waals surface area (Å²) in [4.78, 5) is 10.2. The van der Waals surface area contributed by atoms with Crippen LogP contribution in [0.3, 0.4) is 0 Å². The molecular formula is C6H11ClO5S.